The lowest BCUT2D eigenvalue weighted by molar-refractivity contribution is -0.116. The summed E-state index contributed by atoms with van der Waals surface area (Å²) in [7, 11) is 0. The number of carbonyl (C=O) groups is 1. The van der Waals surface area contributed by atoms with Crippen molar-refractivity contribution in [3.05, 3.63) is 35.4 Å². The molecule has 0 aliphatic heterocycles. The van der Waals surface area contributed by atoms with E-state index in [1.54, 1.807) is 6.92 Å². The van der Waals surface area contributed by atoms with Gasteiger partial charge in [0, 0.05) is 12.5 Å². The van der Waals surface area contributed by atoms with Crippen LogP contribution in [0.1, 0.15) is 31.0 Å². The molecule has 1 aromatic carbocycles. The van der Waals surface area contributed by atoms with Crippen LogP contribution in [-0.4, -0.2) is 5.78 Å². The van der Waals surface area contributed by atoms with E-state index in [1.165, 1.54) is 0 Å². The Morgan fingerprint density at radius 2 is 1.92 bits per heavy atom. The second kappa shape index (κ2) is 4.19. The van der Waals surface area contributed by atoms with E-state index in [1.807, 2.05) is 31.2 Å². The van der Waals surface area contributed by atoms with Crippen LogP contribution in [0.25, 0.3) is 0 Å². The molecule has 1 aromatic rings. The molecule has 0 spiro atoms. The number of hydrogen-bond acceptors (Lipinski definition) is 2. The third kappa shape index (κ3) is 2.99. The summed E-state index contributed by atoms with van der Waals surface area (Å²) in [6.45, 7) is 3.54. The predicted octanol–water partition coefficient (Wildman–Crippen LogP) is 1.84. The van der Waals surface area contributed by atoms with E-state index in [9.17, 15) is 4.79 Å². The molecule has 0 fully saturated rings. The van der Waals surface area contributed by atoms with Crippen LogP contribution in [0.4, 0.5) is 0 Å². The van der Waals surface area contributed by atoms with Gasteiger partial charge in [0.1, 0.15) is 5.78 Å². The van der Waals surface area contributed by atoms with Gasteiger partial charge in [0.2, 0.25) is 0 Å². The third-order valence-electron chi connectivity index (χ3n) is 1.96. The number of nitrogens with two attached hydrogens (primary N) is 1. The first-order valence-electron chi connectivity index (χ1n) is 4.43. The molecular formula is C11H15NO. The van der Waals surface area contributed by atoms with Gasteiger partial charge in [-0.2, -0.15) is 0 Å². The minimum Gasteiger partial charge on any atom is -0.324 e. The molecule has 1 atom stereocenters. The van der Waals surface area contributed by atoms with Crippen molar-refractivity contribution in [3.8, 4) is 0 Å². The van der Waals surface area contributed by atoms with E-state index >= 15 is 0 Å². The van der Waals surface area contributed by atoms with Gasteiger partial charge in [0.05, 0.1) is 0 Å². The molecule has 0 aliphatic carbocycles. The molecule has 2 N–H and O–H groups in total. The molecule has 0 aliphatic rings. The Bertz CT molecular complexity index is 287. The molecule has 0 heterocycles. The van der Waals surface area contributed by atoms with Crippen molar-refractivity contribution < 1.29 is 4.79 Å². The Morgan fingerprint density at radius 3 is 2.31 bits per heavy atom. The number of Topliss-reactive ketones (excluding diaryl/α,β-unsaturated/α-hetero) is 1. The highest BCUT2D eigenvalue weighted by Crippen LogP contribution is 2.11. The SMILES string of the molecule is CC(=O)Cc1ccc(C(C)N)cc1. The molecule has 2 heteroatoms. The van der Waals surface area contributed by atoms with Crippen LogP contribution in [0, 0.1) is 0 Å². The van der Waals surface area contributed by atoms with E-state index < -0.39 is 0 Å². The first-order valence-corrected chi connectivity index (χ1v) is 4.43. The number of hydrogen-bond donors (Lipinski definition) is 1. The number of ketones is 1. The molecular weight excluding hydrogens is 162 g/mol. The van der Waals surface area contributed by atoms with Crippen molar-refractivity contribution in [2.24, 2.45) is 5.73 Å². The molecule has 0 amide bonds. The van der Waals surface area contributed by atoms with Crippen LogP contribution >= 0.6 is 0 Å². The molecule has 70 valence electrons. The van der Waals surface area contributed by atoms with E-state index in [4.69, 9.17) is 5.73 Å². The number of benzene rings is 1. The first kappa shape index (κ1) is 9.93. The molecule has 0 bridgehead atoms. The van der Waals surface area contributed by atoms with Crippen LogP contribution in [0.2, 0.25) is 0 Å². The number of carbonyl (C=O) groups excluding carboxylic acids is 1. The predicted molar refractivity (Wildman–Crippen MR) is 53.4 cm³/mol. The fourth-order valence-corrected chi connectivity index (χ4v) is 1.23. The lowest BCUT2D eigenvalue weighted by atomic mass is 10.0. The standard InChI is InChI=1S/C11H15NO/c1-8(13)7-10-3-5-11(6-4-10)9(2)12/h3-6,9H,7,12H2,1-2H3. The summed E-state index contributed by atoms with van der Waals surface area (Å²) in [4.78, 5) is 10.8. The van der Waals surface area contributed by atoms with Gasteiger partial charge in [0.25, 0.3) is 0 Å². The molecule has 2 nitrogen and oxygen atoms in total. The molecule has 13 heavy (non-hydrogen) atoms. The van der Waals surface area contributed by atoms with Gasteiger partial charge >= 0.3 is 0 Å². The molecule has 0 aromatic heterocycles. The van der Waals surface area contributed by atoms with Crippen molar-refractivity contribution in [1.82, 2.24) is 0 Å². The average molecular weight is 177 g/mol. The molecule has 1 rings (SSSR count). The zero-order chi connectivity index (χ0) is 9.84. The van der Waals surface area contributed by atoms with E-state index in [0.717, 1.165) is 11.1 Å². The van der Waals surface area contributed by atoms with Gasteiger partial charge < -0.3 is 5.73 Å². The van der Waals surface area contributed by atoms with Crippen molar-refractivity contribution in [1.29, 1.82) is 0 Å². The number of rotatable bonds is 3. The summed E-state index contributed by atoms with van der Waals surface area (Å²) >= 11 is 0. The normalized spacial score (nSPS) is 12.5. The van der Waals surface area contributed by atoms with Crippen LogP contribution in [0.5, 0.6) is 0 Å². The maximum Gasteiger partial charge on any atom is 0.134 e. The van der Waals surface area contributed by atoms with Gasteiger partial charge in [-0.05, 0) is 25.0 Å². The van der Waals surface area contributed by atoms with E-state index in [0.29, 0.717) is 6.42 Å². The fraction of sp³-hybridized carbons (Fsp3) is 0.364. The maximum absolute atomic E-state index is 10.8. The van der Waals surface area contributed by atoms with Gasteiger partial charge in [0.15, 0.2) is 0 Å². The van der Waals surface area contributed by atoms with Crippen LogP contribution in [-0.2, 0) is 11.2 Å². The lowest BCUT2D eigenvalue weighted by Gasteiger charge is -2.05. The summed E-state index contributed by atoms with van der Waals surface area (Å²) in [6.07, 6.45) is 0.513. The quantitative estimate of drug-likeness (QED) is 0.765. The zero-order valence-electron chi connectivity index (χ0n) is 8.08. The fourth-order valence-electron chi connectivity index (χ4n) is 1.23. The molecule has 1 unspecified atom stereocenters. The largest absolute Gasteiger partial charge is 0.324 e. The van der Waals surface area contributed by atoms with Gasteiger partial charge in [-0.15, -0.1) is 0 Å². The molecule has 0 radical (unpaired) electrons. The minimum atomic E-state index is 0.0615. The Hall–Kier alpha value is -1.15. The van der Waals surface area contributed by atoms with Gasteiger partial charge in [-0.1, -0.05) is 24.3 Å². The summed E-state index contributed by atoms with van der Waals surface area (Å²) in [5.74, 6) is 0.188. The van der Waals surface area contributed by atoms with Gasteiger partial charge in [-0.25, -0.2) is 0 Å². The summed E-state index contributed by atoms with van der Waals surface area (Å²) in [5, 5.41) is 0. The first-order chi connectivity index (χ1) is 6.09. The minimum absolute atomic E-state index is 0.0615. The van der Waals surface area contributed by atoms with E-state index in [-0.39, 0.29) is 11.8 Å². The molecule has 0 saturated carbocycles. The Kier molecular flexibility index (Phi) is 3.20. The second-order valence-electron chi connectivity index (χ2n) is 3.41. The average Bonchev–Trinajstić information content (AvgIpc) is 2.04. The van der Waals surface area contributed by atoms with Crippen LogP contribution < -0.4 is 5.73 Å². The third-order valence-corrected chi connectivity index (χ3v) is 1.96. The van der Waals surface area contributed by atoms with E-state index in [2.05, 4.69) is 0 Å². The summed E-state index contributed by atoms with van der Waals surface area (Å²) in [6, 6.07) is 7.93. The highest BCUT2D eigenvalue weighted by molar-refractivity contribution is 5.78. The summed E-state index contributed by atoms with van der Waals surface area (Å²) in [5.41, 5.74) is 7.85. The van der Waals surface area contributed by atoms with Crippen LogP contribution in [0.3, 0.4) is 0 Å². The highest BCUT2D eigenvalue weighted by Gasteiger charge is 2.00. The second-order valence-corrected chi connectivity index (χ2v) is 3.41. The summed E-state index contributed by atoms with van der Waals surface area (Å²) < 4.78 is 0. The van der Waals surface area contributed by atoms with Crippen LogP contribution in [0.15, 0.2) is 24.3 Å². The van der Waals surface area contributed by atoms with Crippen molar-refractivity contribution in [3.63, 3.8) is 0 Å². The van der Waals surface area contributed by atoms with Gasteiger partial charge in [-0.3, -0.25) is 4.79 Å². The lowest BCUT2D eigenvalue weighted by Crippen LogP contribution is -2.05. The topological polar surface area (TPSA) is 43.1 Å². The Balaban J connectivity index is 2.75. The van der Waals surface area contributed by atoms with Crippen molar-refractivity contribution in [2.75, 3.05) is 0 Å². The Labute approximate surface area is 78.8 Å². The Morgan fingerprint density at radius 1 is 1.38 bits per heavy atom. The molecule has 0 saturated heterocycles. The maximum atomic E-state index is 10.8. The van der Waals surface area contributed by atoms with Crippen molar-refractivity contribution in [2.45, 2.75) is 26.3 Å². The van der Waals surface area contributed by atoms with Crippen molar-refractivity contribution >= 4 is 5.78 Å². The monoisotopic (exact) mass is 177 g/mol. The highest BCUT2D eigenvalue weighted by atomic mass is 16.1. The smallest absolute Gasteiger partial charge is 0.134 e. The zero-order valence-corrected chi connectivity index (χ0v) is 8.08.